The lowest BCUT2D eigenvalue weighted by atomic mass is 10.0. The number of carbonyl (C=O) groups is 1. The van der Waals surface area contributed by atoms with Gasteiger partial charge in [-0.05, 0) is 57.7 Å². The first-order valence-electron chi connectivity index (χ1n) is 10.9. The Balaban J connectivity index is 3.63. The molecule has 0 saturated heterocycles. The molecule has 10 heteroatoms. The number of rotatable bonds is 19. The normalized spacial score (nSPS) is 12.9. The predicted molar refractivity (Wildman–Crippen MR) is 127 cm³/mol. The molecule has 0 aromatic rings. The highest BCUT2D eigenvalue weighted by atomic mass is 35.5. The van der Waals surface area contributed by atoms with E-state index >= 15 is 0 Å². The molecule has 0 radical (unpaired) electrons. The van der Waals surface area contributed by atoms with Crippen molar-refractivity contribution in [3.8, 4) is 0 Å². The van der Waals surface area contributed by atoms with Crippen LogP contribution in [0.3, 0.4) is 0 Å². The van der Waals surface area contributed by atoms with Gasteiger partial charge in [0.05, 0.1) is 72.2 Å². The van der Waals surface area contributed by atoms with Gasteiger partial charge in [0.25, 0.3) is 0 Å². The van der Waals surface area contributed by atoms with Crippen molar-refractivity contribution in [2.24, 2.45) is 0 Å². The first kappa shape index (κ1) is 30.8. The smallest absolute Gasteiger partial charge is 0.224 e. The summed E-state index contributed by atoms with van der Waals surface area (Å²) in [5.41, 5.74) is -0.339. The zero-order valence-electron chi connectivity index (χ0n) is 20.6. The molecule has 0 fully saturated rings. The summed E-state index contributed by atoms with van der Waals surface area (Å²) in [6, 6.07) is 0. The third-order valence-electron chi connectivity index (χ3n) is 4.88. The van der Waals surface area contributed by atoms with Gasteiger partial charge >= 0.3 is 0 Å². The van der Waals surface area contributed by atoms with Crippen LogP contribution in [0.25, 0.3) is 0 Å². The quantitative estimate of drug-likeness (QED) is 0.165. The Kier molecular flexibility index (Phi) is 15.5. The molecule has 0 rings (SSSR count). The van der Waals surface area contributed by atoms with Crippen LogP contribution in [0, 0.1) is 0 Å². The van der Waals surface area contributed by atoms with Crippen LogP contribution >= 0.6 is 23.6 Å². The lowest BCUT2D eigenvalue weighted by Crippen LogP contribution is -2.54. The third-order valence-corrected chi connectivity index (χ3v) is 5.90. The van der Waals surface area contributed by atoms with Crippen LogP contribution < -0.4 is 9.67 Å². The lowest BCUT2D eigenvalue weighted by Gasteiger charge is -2.36. The average molecular weight is 489 g/mol. The molecule has 0 aliphatic heterocycles. The highest BCUT2D eigenvalue weighted by Gasteiger charge is 2.27. The number of nitrogens with zero attached hydrogens (tertiary/aromatic N) is 2. The number of likely N-dealkylation sites (N-methyl/N-ethyl adjacent to an activating group) is 1. The summed E-state index contributed by atoms with van der Waals surface area (Å²) in [7, 11) is 6.12. The molecular formula is C21H45Cl2N4O4+. The van der Waals surface area contributed by atoms with Crippen LogP contribution in [-0.2, 0) is 19.0 Å². The minimum absolute atomic E-state index is 0.0613. The van der Waals surface area contributed by atoms with E-state index < -0.39 is 0 Å². The molecule has 8 nitrogen and oxygen atoms in total. The molecule has 1 amide bonds. The minimum atomic E-state index is -0.207. The first-order valence-corrected chi connectivity index (χ1v) is 11.6. The topological polar surface area (TPSA) is 72.1 Å². The summed E-state index contributed by atoms with van der Waals surface area (Å²) in [6.45, 7) is 13.7. The molecule has 0 aromatic carbocycles. The van der Waals surface area contributed by atoms with Gasteiger partial charge in [0.2, 0.25) is 5.91 Å². The molecule has 0 bridgehead atoms. The number of hydrogen-bond acceptors (Lipinski definition) is 6. The maximum absolute atomic E-state index is 12.1. The van der Waals surface area contributed by atoms with Crippen molar-refractivity contribution >= 4 is 29.5 Å². The van der Waals surface area contributed by atoms with Crippen molar-refractivity contribution in [1.82, 2.24) is 14.6 Å². The van der Waals surface area contributed by atoms with Gasteiger partial charge in [-0.1, -0.05) is 0 Å². The molecule has 0 atom stereocenters. The van der Waals surface area contributed by atoms with Gasteiger partial charge in [-0.15, -0.1) is 0 Å². The SMILES string of the molecule is CN(CCC(C)(C)NCl)C(=O)CCOCCOCCOCC[N+](C)(C)CC(C)(C)NCl. The molecule has 0 aromatic heterocycles. The fourth-order valence-corrected chi connectivity index (χ4v) is 3.16. The molecule has 0 saturated carbocycles. The van der Waals surface area contributed by atoms with E-state index in [1.807, 2.05) is 13.8 Å². The van der Waals surface area contributed by atoms with Gasteiger partial charge < -0.3 is 23.6 Å². The van der Waals surface area contributed by atoms with Crippen LogP contribution in [0.2, 0.25) is 0 Å². The molecule has 186 valence electrons. The highest BCUT2D eigenvalue weighted by molar-refractivity contribution is 6.14. The number of ether oxygens (including phenoxy) is 3. The Labute approximate surface area is 199 Å². The Bertz CT molecular complexity index is 494. The zero-order valence-corrected chi connectivity index (χ0v) is 22.1. The van der Waals surface area contributed by atoms with Crippen molar-refractivity contribution in [2.45, 2.75) is 51.6 Å². The van der Waals surface area contributed by atoms with E-state index in [1.165, 1.54) is 0 Å². The van der Waals surface area contributed by atoms with Crippen molar-refractivity contribution in [2.75, 3.05) is 80.4 Å². The van der Waals surface area contributed by atoms with Crippen LogP contribution in [0.1, 0.15) is 40.5 Å². The molecule has 0 heterocycles. The molecule has 0 unspecified atom stereocenters. The zero-order chi connectivity index (χ0) is 24.0. The molecule has 2 N–H and O–H groups in total. The van der Waals surface area contributed by atoms with Gasteiger partial charge in [-0.3, -0.25) is 4.79 Å². The fraction of sp³-hybridized carbons (Fsp3) is 0.952. The summed E-state index contributed by atoms with van der Waals surface area (Å²) in [5, 5.41) is 0. The number of halogens is 2. The Hall–Kier alpha value is -0.190. The van der Waals surface area contributed by atoms with Crippen LogP contribution in [0.4, 0.5) is 0 Å². The van der Waals surface area contributed by atoms with E-state index in [1.54, 1.807) is 11.9 Å². The van der Waals surface area contributed by atoms with Crippen LogP contribution in [0.5, 0.6) is 0 Å². The maximum atomic E-state index is 12.1. The van der Waals surface area contributed by atoms with Crippen LogP contribution in [-0.4, -0.2) is 107 Å². The second kappa shape index (κ2) is 15.6. The van der Waals surface area contributed by atoms with E-state index in [-0.39, 0.29) is 17.0 Å². The van der Waals surface area contributed by atoms with Gasteiger partial charge in [-0.2, -0.15) is 0 Å². The van der Waals surface area contributed by atoms with E-state index in [4.69, 9.17) is 37.8 Å². The van der Waals surface area contributed by atoms with Gasteiger partial charge in [-0.25, -0.2) is 9.67 Å². The molecule has 0 spiro atoms. The average Bonchev–Trinajstić information content (AvgIpc) is 2.69. The molecular weight excluding hydrogens is 443 g/mol. The maximum Gasteiger partial charge on any atom is 0.224 e. The first-order chi connectivity index (χ1) is 14.3. The van der Waals surface area contributed by atoms with Crippen molar-refractivity contribution < 1.29 is 23.5 Å². The van der Waals surface area contributed by atoms with E-state index in [9.17, 15) is 4.79 Å². The Morgan fingerprint density at radius 2 is 1.35 bits per heavy atom. The van der Waals surface area contributed by atoms with E-state index in [0.717, 1.165) is 24.0 Å². The molecule has 31 heavy (non-hydrogen) atoms. The van der Waals surface area contributed by atoms with Gasteiger partial charge in [0.15, 0.2) is 0 Å². The summed E-state index contributed by atoms with van der Waals surface area (Å²) >= 11 is 11.5. The number of amides is 1. The van der Waals surface area contributed by atoms with Crippen molar-refractivity contribution in [3.63, 3.8) is 0 Å². The standard InChI is InChI=1S/C21H45Cl2N4O4/c1-20(2,24-22)9-10-26(5)19(28)8-12-29-14-16-31-17-15-30-13-11-27(6,7)18-21(3,4)25-23/h24-25H,8-18H2,1-7H3/q+1. The van der Waals surface area contributed by atoms with Gasteiger partial charge in [0.1, 0.15) is 6.54 Å². The van der Waals surface area contributed by atoms with Crippen molar-refractivity contribution in [1.29, 1.82) is 0 Å². The molecule has 0 aliphatic carbocycles. The summed E-state index contributed by atoms with van der Waals surface area (Å²) in [5.74, 6) is 0.0613. The third kappa shape index (κ3) is 17.0. The summed E-state index contributed by atoms with van der Waals surface area (Å²) in [6.07, 6.45) is 1.13. The monoisotopic (exact) mass is 487 g/mol. The van der Waals surface area contributed by atoms with Gasteiger partial charge in [0, 0.05) is 19.1 Å². The predicted octanol–water partition coefficient (Wildman–Crippen LogP) is 2.40. The Morgan fingerprint density at radius 1 is 0.871 bits per heavy atom. The summed E-state index contributed by atoms with van der Waals surface area (Å²) < 4.78 is 17.5. The largest absolute Gasteiger partial charge is 0.379 e. The minimum Gasteiger partial charge on any atom is -0.379 e. The highest BCUT2D eigenvalue weighted by Crippen LogP contribution is 2.11. The summed E-state index contributed by atoms with van der Waals surface area (Å²) in [4.78, 5) is 19.3. The Morgan fingerprint density at radius 3 is 1.87 bits per heavy atom. The fourth-order valence-electron chi connectivity index (χ4n) is 3.00. The number of carbonyl (C=O) groups excluding carboxylic acids is 1. The number of hydrogen-bond donors (Lipinski definition) is 2. The second-order valence-corrected chi connectivity index (χ2v) is 10.3. The number of nitrogens with one attached hydrogen (secondary N) is 2. The van der Waals surface area contributed by atoms with E-state index in [0.29, 0.717) is 52.6 Å². The second-order valence-electron chi connectivity index (χ2n) is 9.93. The van der Waals surface area contributed by atoms with Crippen LogP contribution in [0.15, 0.2) is 0 Å². The number of quaternary nitrogens is 1. The lowest BCUT2D eigenvalue weighted by molar-refractivity contribution is -0.894. The molecule has 0 aliphatic rings. The van der Waals surface area contributed by atoms with Crippen molar-refractivity contribution in [3.05, 3.63) is 0 Å². The van der Waals surface area contributed by atoms with E-state index in [2.05, 4.69) is 37.6 Å².